The first kappa shape index (κ1) is 24.4. The molecule has 0 saturated carbocycles. The molecule has 172 valence electrons. The molecule has 0 radical (unpaired) electrons. The molecule has 2 N–H and O–H groups in total. The number of hydrogen-bond donors (Lipinski definition) is 2. The van der Waals surface area contributed by atoms with Gasteiger partial charge in [-0.1, -0.05) is 29.8 Å². The summed E-state index contributed by atoms with van der Waals surface area (Å²) in [4.78, 5) is 40.3. The number of hydrogen-bond acceptors (Lipinski definition) is 4. The molecule has 0 spiro atoms. The molecular weight excluding hydrogens is 438 g/mol. The van der Waals surface area contributed by atoms with Crippen molar-refractivity contribution < 1.29 is 14.4 Å². The summed E-state index contributed by atoms with van der Waals surface area (Å²) >= 11 is 6.12. The number of benzene rings is 2. The molecular formula is C26H28ClN3O3. The second kappa shape index (κ2) is 11.1. The van der Waals surface area contributed by atoms with Crippen LogP contribution in [0.4, 0.5) is 5.69 Å². The number of aldehydes is 1. The fraction of sp³-hybridized carbons (Fsp3) is 0.308. The predicted molar refractivity (Wildman–Crippen MR) is 132 cm³/mol. The number of aromatic nitrogens is 1. The highest BCUT2D eigenvalue weighted by atomic mass is 35.5. The molecule has 0 aliphatic heterocycles. The van der Waals surface area contributed by atoms with Crippen molar-refractivity contribution in [3.63, 3.8) is 0 Å². The SMILES string of the molecule is CNC(=O)C(CCC=O)c1cc2ccc(CCC(=O)Nc3ccc(C)c(Cl)c3)cc2nc1C. The highest BCUT2D eigenvalue weighted by Crippen LogP contribution is 2.28. The van der Waals surface area contributed by atoms with Gasteiger partial charge in [0.15, 0.2) is 0 Å². The average molecular weight is 466 g/mol. The summed E-state index contributed by atoms with van der Waals surface area (Å²) in [5.74, 6) is -0.632. The molecule has 1 atom stereocenters. The fourth-order valence-corrected chi connectivity index (χ4v) is 4.00. The highest BCUT2D eigenvalue weighted by Gasteiger charge is 2.22. The van der Waals surface area contributed by atoms with E-state index < -0.39 is 5.92 Å². The van der Waals surface area contributed by atoms with Crippen LogP contribution in [0.15, 0.2) is 42.5 Å². The maximum atomic E-state index is 12.4. The Bertz CT molecular complexity index is 1190. The van der Waals surface area contributed by atoms with E-state index >= 15 is 0 Å². The lowest BCUT2D eigenvalue weighted by Crippen LogP contribution is -2.26. The lowest BCUT2D eigenvalue weighted by Gasteiger charge is -2.17. The van der Waals surface area contributed by atoms with Crippen LogP contribution >= 0.6 is 11.6 Å². The minimum atomic E-state index is -0.421. The van der Waals surface area contributed by atoms with E-state index in [1.165, 1.54) is 0 Å². The number of fused-ring (bicyclic) bond motifs is 1. The van der Waals surface area contributed by atoms with Crippen LogP contribution in [0.1, 0.15) is 47.6 Å². The van der Waals surface area contributed by atoms with Gasteiger partial charge < -0.3 is 15.4 Å². The maximum absolute atomic E-state index is 12.4. The molecule has 0 aliphatic rings. The van der Waals surface area contributed by atoms with Gasteiger partial charge in [0.05, 0.1) is 11.4 Å². The summed E-state index contributed by atoms with van der Waals surface area (Å²) in [5.41, 5.74) is 5.04. The van der Waals surface area contributed by atoms with Crippen LogP contribution in [0.25, 0.3) is 10.9 Å². The molecule has 0 bridgehead atoms. The van der Waals surface area contributed by atoms with E-state index in [2.05, 4.69) is 10.6 Å². The van der Waals surface area contributed by atoms with E-state index in [1.807, 2.05) is 50.2 Å². The lowest BCUT2D eigenvalue weighted by atomic mass is 9.91. The molecule has 3 rings (SSSR count). The molecule has 0 fully saturated rings. The van der Waals surface area contributed by atoms with Crippen LogP contribution in [0.3, 0.4) is 0 Å². The monoisotopic (exact) mass is 465 g/mol. The summed E-state index contributed by atoms with van der Waals surface area (Å²) in [6.07, 6.45) is 2.49. The number of nitrogens with one attached hydrogen (secondary N) is 2. The molecule has 7 heteroatoms. The number of carbonyl (C=O) groups excluding carboxylic acids is 3. The Morgan fingerprint density at radius 2 is 1.91 bits per heavy atom. The van der Waals surface area contributed by atoms with Crippen molar-refractivity contribution in [1.82, 2.24) is 10.3 Å². The van der Waals surface area contributed by atoms with Gasteiger partial charge in [0.25, 0.3) is 0 Å². The van der Waals surface area contributed by atoms with Gasteiger partial charge in [0.1, 0.15) is 6.29 Å². The number of nitrogens with zero attached hydrogens (tertiary/aromatic N) is 1. The minimum Gasteiger partial charge on any atom is -0.359 e. The molecule has 0 saturated heterocycles. The van der Waals surface area contributed by atoms with Crippen molar-refractivity contribution >= 4 is 46.3 Å². The number of anilines is 1. The third-order valence-corrected chi connectivity index (χ3v) is 6.13. The van der Waals surface area contributed by atoms with Crippen molar-refractivity contribution in [3.8, 4) is 0 Å². The van der Waals surface area contributed by atoms with Crippen molar-refractivity contribution in [2.24, 2.45) is 0 Å². The van der Waals surface area contributed by atoms with Gasteiger partial charge in [-0.05, 0) is 67.6 Å². The van der Waals surface area contributed by atoms with Crippen molar-refractivity contribution in [3.05, 3.63) is 69.9 Å². The molecule has 0 aliphatic carbocycles. The van der Waals surface area contributed by atoms with Crippen LogP contribution < -0.4 is 10.6 Å². The van der Waals surface area contributed by atoms with E-state index in [9.17, 15) is 14.4 Å². The van der Waals surface area contributed by atoms with E-state index in [-0.39, 0.29) is 11.8 Å². The third kappa shape index (κ3) is 6.17. The van der Waals surface area contributed by atoms with Gasteiger partial charge in [-0.15, -0.1) is 0 Å². The summed E-state index contributed by atoms with van der Waals surface area (Å²) in [6, 6.07) is 13.3. The Hall–Kier alpha value is -3.25. The summed E-state index contributed by atoms with van der Waals surface area (Å²) < 4.78 is 0. The molecule has 1 aromatic heterocycles. The molecule has 6 nitrogen and oxygen atoms in total. The number of pyridine rings is 1. The Morgan fingerprint density at radius 3 is 2.61 bits per heavy atom. The van der Waals surface area contributed by atoms with Gasteiger partial charge >= 0.3 is 0 Å². The first-order valence-corrected chi connectivity index (χ1v) is 11.3. The second-order valence-electron chi connectivity index (χ2n) is 8.11. The van der Waals surface area contributed by atoms with Crippen LogP contribution in [-0.2, 0) is 20.8 Å². The molecule has 1 heterocycles. The molecule has 33 heavy (non-hydrogen) atoms. The summed E-state index contributed by atoms with van der Waals surface area (Å²) in [7, 11) is 1.59. The van der Waals surface area contributed by atoms with Crippen molar-refractivity contribution in [1.29, 1.82) is 0 Å². The zero-order valence-electron chi connectivity index (χ0n) is 19.1. The first-order chi connectivity index (χ1) is 15.8. The average Bonchev–Trinajstić information content (AvgIpc) is 2.80. The molecule has 2 aromatic carbocycles. The first-order valence-electron chi connectivity index (χ1n) is 10.9. The number of rotatable bonds is 9. The smallest absolute Gasteiger partial charge is 0.227 e. The van der Waals surface area contributed by atoms with Gasteiger partial charge in [0, 0.05) is 41.7 Å². The maximum Gasteiger partial charge on any atom is 0.227 e. The van der Waals surface area contributed by atoms with E-state index in [0.29, 0.717) is 36.4 Å². The number of halogens is 1. The summed E-state index contributed by atoms with van der Waals surface area (Å²) in [5, 5.41) is 7.09. The lowest BCUT2D eigenvalue weighted by molar-refractivity contribution is -0.122. The highest BCUT2D eigenvalue weighted by molar-refractivity contribution is 6.31. The zero-order chi connectivity index (χ0) is 24.0. The fourth-order valence-electron chi connectivity index (χ4n) is 3.82. The standard InChI is InChI=1S/C26H28ClN3O3/c1-16-6-10-20(15-23(16)27)30-25(32)11-8-18-7-9-19-14-22(17(2)29-24(19)13-18)21(5-4-12-31)26(33)28-3/h6-7,9-10,12-15,21H,4-5,8,11H2,1-3H3,(H,28,33)(H,30,32). The van der Waals surface area contributed by atoms with Gasteiger partial charge in [-0.2, -0.15) is 0 Å². The minimum absolute atomic E-state index is 0.0851. The quantitative estimate of drug-likeness (QED) is 0.440. The zero-order valence-corrected chi connectivity index (χ0v) is 19.8. The Morgan fingerprint density at radius 1 is 1.12 bits per heavy atom. The van der Waals surface area contributed by atoms with Gasteiger partial charge in [-0.25, -0.2) is 0 Å². The molecule has 2 amide bonds. The van der Waals surface area contributed by atoms with Crippen LogP contribution in [0.5, 0.6) is 0 Å². The Labute approximate surface area is 198 Å². The van der Waals surface area contributed by atoms with E-state index in [1.54, 1.807) is 13.1 Å². The second-order valence-corrected chi connectivity index (χ2v) is 8.52. The van der Waals surface area contributed by atoms with E-state index in [0.717, 1.165) is 39.6 Å². The molecule has 3 aromatic rings. The van der Waals surface area contributed by atoms with Crippen LogP contribution in [0.2, 0.25) is 5.02 Å². The third-order valence-electron chi connectivity index (χ3n) is 5.72. The number of aryl methyl sites for hydroxylation is 3. The number of likely N-dealkylation sites (N-methyl/N-ethyl adjacent to an activating group) is 1. The van der Waals surface area contributed by atoms with E-state index in [4.69, 9.17) is 16.6 Å². The largest absolute Gasteiger partial charge is 0.359 e. The van der Waals surface area contributed by atoms with Crippen LogP contribution in [0, 0.1) is 13.8 Å². The van der Waals surface area contributed by atoms with Crippen molar-refractivity contribution in [2.75, 3.05) is 12.4 Å². The van der Waals surface area contributed by atoms with Gasteiger partial charge in [0.2, 0.25) is 11.8 Å². The van der Waals surface area contributed by atoms with Crippen LogP contribution in [-0.4, -0.2) is 30.1 Å². The Kier molecular flexibility index (Phi) is 8.17. The molecule has 1 unspecified atom stereocenters. The predicted octanol–water partition coefficient (Wildman–Crippen LogP) is 4.89. The topological polar surface area (TPSA) is 88.2 Å². The normalized spacial score (nSPS) is 11.8. The van der Waals surface area contributed by atoms with Gasteiger partial charge in [-0.3, -0.25) is 14.6 Å². The Balaban J connectivity index is 1.73. The number of amides is 2. The summed E-state index contributed by atoms with van der Waals surface area (Å²) in [6.45, 7) is 3.79. The van der Waals surface area contributed by atoms with Crippen molar-refractivity contribution in [2.45, 2.75) is 45.4 Å². The number of carbonyl (C=O) groups is 3.